The number of carbonyl (C=O) groups is 2. The van der Waals surface area contributed by atoms with Crippen LogP contribution in [0.25, 0.3) is 0 Å². The lowest BCUT2D eigenvalue weighted by Crippen LogP contribution is -2.37. The molecule has 0 unspecified atom stereocenters. The first kappa shape index (κ1) is 16.2. The standard InChI is InChI=1S/C15H16N2O4S2/c1-9(18)11-4-3-5-12(6-11)17-13-7-23(20,21)8-14(13)22-15(17)16-10(2)19/h3-6,13-14H,7-8H2,1-2H3/t13-,14-/m0/s1. The predicted octanol–water partition coefficient (Wildman–Crippen LogP) is 1.51. The summed E-state index contributed by atoms with van der Waals surface area (Å²) < 4.78 is 23.8. The number of anilines is 1. The first-order valence-corrected chi connectivity index (χ1v) is 9.83. The van der Waals surface area contributed by atoms with Gasteiger partial charge in [0.25, 0.3) is 0 Å². The highest BCUT2D eigenvalue weighted by molar-refractivity contribution is 8.16. The molecule has 0 aliphatic carbocycles. The zero-order valence-electron chi connectivity index (χ0n) is 12.7. The minimum atomic E-state index is -3.09. The van der Waals surface area contributed by atoms with Gasteiger partial charge < -0.3 is 4.90 Å². The number of sulfone groups is 1. The molecule has 2 saturated heterocycles. The average Bonchev–Trinajstić information content (AvgIpc) is 2.89. The third-order valence-corrected chi connectivity index (χ3v) is 7.06. The predicted molar refractivity (Wildman–Crippen MR) is 90.9 cm³/mol. The topological polar surface area (TPSA) is 83.9 Å². The molecular weight excluding hydrogens is 336 g/mol. The Balaban J connectivity index is 2.06. The van der Waals surface area contributed by atoms with Gasteiger partial charge in [-0.2, -0.15) is 4.99 Å². The van der Waals surface area contributed by atoms with E-state index in [1.165, 1.54) is 25.6 Å². The van der Waals surface area contributed by atoms with E-state index >= 15 is 0 Å². The molecule has 0 N–H and O–H groups in total. The number of nitrogens with zero attached hydrogens (tertiary/aromatic N) is 2. The molecule has 23 heavy (non-hydrogen) atoms. The van der Waals surface area contributed by atoms with Gasteiger partial charge >= 0.3 is 0 Å². The molecule has 1 aromatic rings. The smallest absolute Gasteiger partial charge is 0.244 e. The van der Waals surface area contributed by atoms with Crippen LogP contribution in [0.1, 0.15) is 24.2 Å². The minimum absolute atomic E-state index is 0.0336. The van der Waals surface area contributed by atoms with Crippen LogP contribution in [-0.4, -0.2) is 48.1 Å². The van der Waals surface area contributed by atoms with E-state index < -0.39 is 9.84 Å². The van der Waals surface area contributed by atoms with Crippen molar-refractivity contribution in [3.05, 3.63) is 29.8 Å². The molecular formula is C15H16N2O4S2. The van der Waals surface area contributed by atoms with Crippen molar-refractivity contribution in [2.24, 2.45) is 4.99 Å². The summed E-state index contributed by atoms with van der Waals surface area (Å²) in [6.45, 7) is 2.84. The monoisotopic (exact) mass is 352 g/mol. The van der Waals surface area contributed by atoms with E-state index in [1.807, 2.05) is 0 Å². The van der Waals surface area contributed by atoms with Gasteiger partial charge in [0.15, 0.2) is 20.8 Å². The van der Waals surface area contributed by atoms with Crippen LogP contribution in [0.15, 0.2) is 29.3 Å². The molecule has 122 valence electrons. The van der Waals surface area contributed by atoms with Gasteiger partial charge in [-0.3, -0.25) is 9.59 Å². The van der Waals surface area contributed by atoms with E-state index in [-0.39, 0.29) is 34.5 Å². The molecule has 0 aromatic heterocycles. The fourth-order valence-electron chi connectivity index (χ4n) is 2.88. The molecule has 6 nitrogen and oxygen atoms in total. The third kappa shape index (κ3) is 3.18. The van der Waals surface area contributed by atoms with Gasteiger partial charge in [0.1, 0.15) is 0 Å². The van der Waals surface area contributed by atoms with Crippen molar-refractivity contribution in [3.8, 4) is 0 Å². The maximum atomic E-state index is 11.9. The quantitative estimate of drug-likeness (QED) is 0.750. The molecule has 2 fully saturated rings. The fourth-order valence-corrected chi connectivity index (χ4v) is 6.83. The van der Waals surface area contributed by atoms with E-state index in [1.54, 1.807) is 29.2 Å². The Kier molecular flexibility index (Phi) is 4.05. The zero-order chi connectivity index (χ0) is 16.8. The second-order valence-corrected chi connectivity index (χ2v) is 9.05. The van der Waals surface area contributed by atoms with Crippen molar-refractivity contribution in [2.75, 3.05) is 16.4 Å². The number of aliphatic imine (C=N–C) groups is 1. The lowest BCUT2D eigenvalue weighted by atomic mass is 10.1. The number of Topliss-reactive ketones (excluding diaryl/α,β-unsaturated/α-hetero) is 1. The molecule has 3 rings (SSSR count). The van der Waals surface area contributed by atoms with Crippen molar-refractivity contribution in [3.63, 3.8) is 0 Å². The molecule has 1 amide bonds. The summed E-state index contributed by atoms with van der Waals surface area (Å²) in [5, 5.41) is 0.363. The summed E-state index contributed by atoms with van der Waals surface area (Å²) in [7, 11) is -3.09. The minimum Gasteiger partial charge on any atom is -0.316 e. The summed E-state index contributed by atoms with van der Waals surface area (Å²) in [5.41, 5.74) is 1.23. The molecule has 0 bridgehead atoms. The fraction of sp³-hybridized carbons (Fsp3) is 0.400. The van der Waals surface area contributed by atoms with Gasteiger partial charge in [-0.25, -0.2) is 8.42 Å². The number of ketones is 1. The van der Waals surface area contributed by atoms with Crippen molar-refractivity contribution in [1.82, 2.24) is 0 Å². The number of amides is 1. The molecule has 2 atom stereocenters. The van der Waals surface area contributed by atoms with E-state index in [9.17, 15) is 18.0 Å². The molecule has 8 heteroatoms. The summed E-state index contributed by atoms with van der Waals surface area (Å²) >= 11 is 1.32. The Morgan fingerprint density at radius 3 is 2.65 bits per heavy atom. The summed E-state index contributed by atoms with van der Waals surface area (Å²) in [4.78, 5) is 28.8. The van der Waals surface area contributed by atoms with Gasteiger partial charge in [-0.15, -0.1) is 0 Å². The zero-order valence-corrected chi connectivity index (χ0v) is 14.4. The number of hydrogen-bond acceptors (Lipinski definition) is 5. The molecule has 0 spiro atoms. The Morgan fingerprint density at radius 2 is 2.00 bits per heavy atom. The van der Waals surface area contributed by atoms with Crippen LogP contribution >= 0.6 is 11.8 Å². The second kappa shape index (κ2) is 5.76. The summed E-state index contributed by atoms with van der Waals surface area (Å²) in [6, 6.07) is 6.71. The summed E-state index contributed by atoms with van der Waals surface area (Å²) in [6.07, 6.45) is 0. The maximum absolute atomic E-state index is 11.9. The van der Waals surface area contributed by atoms with Gasteiger partial charge in [0, 0.05) is 23.4 Å². The van der Waals surface area contributed by atoms with Gasteiger partial charge in [-0.1, -0.05) is 23.9 Å². The number of hydrogen-bond donors (Lipinski definition) is 0. The molecule has 0 saturated carbocycles. The van der Waals surface area contributed by atoms with Crippen molar-refractivity contribution < 1.29 is 18.0 Å². The Morgan fingerprint density at radius 1 is 1.26 bits per heavy atom. The van der Waals surface area contributed by atoms with Crippen LogP contribution in [-0.2, 0) is 14.6 Å². The molecule has 2 heterocycles. The largest absolute Gasteiger partial charge is 0.316 e. The van der Waals surface area contributed by atoms with Crippen LogP contribution < -0.4 is 4.90 Å². The third-order valence-electron chi connectivity index (χ3n) is 3.85. The number of carbonyl (C=O) groups excluding carboxylic acids is 2. The number of amidine groups is 1. The van der Waals surface area contributed by atoms with E-state index in [2.05, 4.69) is 4.99 Å². The number of benzene rings is 1. The van der Waals surface area contributed by atoms with Gasteiger partial charge in [0.2, 0.25) is 5.91 Å². The molecule has 2 aliphatic heterocycles. The number of thioether (sulfide) groups is 1. The first-order chi connectivity index (χ1) is 10.8. The highest BCUT2D eigenvalue weighted by Crippen LogP contribution is 2.41. The Bertz CT molecular complexity index is 817. The van der Waals surface area contributed by atoms with E-state index in [4.69, 9.17) is 0 Å². The first-order valence-electron chi connectivity index (χ1n) is 7.13. The normalized spacial score (nSPS) is 27.2. The number of rotatable bonds is 2. The van der Waals surface area contributed by atoms with Crippen LogP contribution in [0, 0.1) is 0 Å². The second-order valence-electron chi connectivity index (χ2n) is 5.69. The van der Waals surface area contributed by atoms with Crippen LogP contribution in [0.4, 0.5) is 5.69 Å². The van der Waals surface area contributed by atoms with Crippen molar-refractivity contribution >= 4 is 44.1 Å². The highest BCUT2D eigenvalue weighted by Gasteiger charge is 2.49. The van der Waals surface area contributed by atoms with Crippen LogP contribution in [0.5, 0.6) is 0 Å². The Labute approximate surface area is 138 Å². The van der Waals surface area contributed by atoms with Crippen LogP contribution in [0.2, 0.25) is 0 Å². The molecule has 2 aliphatic rings. The Hall–Kier alpha value is -1.67. The van der Waals surface area contributed by atoms with E-state index in [0.717, 1.165) is 0 Å². The lowest BCUT2D eigenvalue weighted by Gasteiger charge is -2.24. The van der Waals surface area contributed by atoms with Gasteiger partial charge in [-0.05, 0) is 19.1 Å². The van der Waals surface area contributed by atoms with Crippen molar-refractivity contribution in [2.45, 2.75) is 25.1 Å². The SMILES string of the molecule is CC(=O)N=C1S[C@H]2CS(=O)(=O)C[C@@H]2N1c1cccc(C(C)=O)c1. The highest BCUT2D eigenvalue weighted by atomic mass is 32.2. The average molecular weight is 352 g/mol. The molecule has 1 aromatic carbocycles. The maximum Gasteiger partial charge on any atom is 0.244 e. The number of fused-ring (bicyclic) bond motifs is 1. The molecule has 0 radical (unpaired) electrons. The van der Waals surface area contributed by atoms with Crippen molar-refractivity contribution in [1.29, 1.82) is 0 Å². The lowest BCUT2D eigenvalue weighted by molar-refractivity contribution is -0.115. The summed E-state index contributed by atoms with van der Waals surface area (Å²) in [5.74, 6) is -0.281. The van der Waals surface area contributed by atoms with Gasteiger partial charge in [0.05, 0.1) is 17.5 Å². The van der Waals surface area contributed by atoms with E-state index in [0.29, 0.717) is 16.4 Å². The van der Waals surface area contributed by atoms with Crippen LogP contribution in [0.3, 0.4) is 0 Å².